The monoisotopic (exact) mass is 250 g/mol. The SMILES string of the molecule is O=C(O)C1(C2CCOC3(CCC3)C2)CC2CC2C1. The average Bonchev–Trinajstić information content (AvgIpc) is 2.94. The second-order valence-electron chi connectivity index (χ2n) is 7.20. The van der Waals surface area contributed by atoms with E-state index in [0.717, 1.165) is 57.0 Å². The summed E-state index contributed by atoms with van der Waals surface area (Å²) < 4.78 is 5.96. The molecule has 4 rings (SSSR count). The van der Waals surface area contributed by atoms with Crippen LogP contribution in [0.25, 0.3) is 0 Å². The zero-order valence-corrected chi connectivity index (χ0v) is 10.9. The summed E-state index contributed by atoms with van der Waals surface area (Å²) >= 11 is 0. The number of hydrogen-bond donors (Lipinski definition) is 1. The van der Waals surface area contributed by atoms with Crippen LogP contribution in [0.2, 0.25) is 0 Å². The van der Waals surface area contributed by atoms with E-state index in [9.17, 15) is 9.90 Å². The van der Waals surface area contributed by atoms with Crippen LogP contribution >= 0.6 is 0 Å². The Kier molecular flexibility index (Phi) is 2.19. The summed E-state index contributed by atoms with van der Waals surface area (Å²) in [4.78, 5) is 11.9. The highest BCUT2D eigenvalue weighted by atomic mass is 16.5. The Labute approximate surface area is 108 Å². The number of carboxylic acid groups (broad SMARTS) is 1. The summed E-state index contributed by atoms with van der Waals surface area (Å²) in [6.07, 6.45) is 8.76. The molecule has 3 saturated carbocycles. The van der Waals surface area contributed by atoms with Crippen LogP contribution in [0.1, 0.15) is 51.4 Å². The van der Waals surface area contributed by atoms with Gasteiger partial charge in [0, 0.05) is 6.61 Å². The maximum atomic E-state index is 11.9. The van der Waals surface area contributed by atoms with Crippen molar-refractivity contribution in [1.82, 2.24) is 0 Å². The molecule has 0 amide bonds. The van der Waals surface area contributed by atoms with Crippen LogP contribution in [0.4, 0.5) is 0 Å². The molecule has 1 aliphatic heterocycles. The summed E-state index contributed by atoms with van der Waals surface area (Å²) in [5.74, 6) is 1.33. The quantitative estimate of drug-likeness (QED) is 0.819. The molecule has 4 fully saturated rings. The van der Waals surface area contributed by atoms with E-state index in [1.807, 2.05) is 0 Å². The van der Waals surface area contributed by atoms with Crippen LogP contribution in [0, 0.1) is 23.2 Å². The second kappa shape index (κ2) is 3.50. The molecule has 1 heterocycles. The minimum absolute atomic E-state index is 0.0815. The molecule has 4 aliphatic rings. The average molecular weight is 250 g/mol. The standard InChI is InChI=1S/C15H22O3/c16-13(17)15(7-10-6-11(10)8-15)12-2-5-18-14(9-12)3-1-4-14/h10-12H,1-9H2,(H,16,17). The molecule has 3 heteroatoms. The first-order valence-corrected chi connectivity index (χ1v) is 7.51. The van der Waals surface area contributed by atoms with Crippen LogP contribution in [0.5, 0.6) is 0 Å². The first kappa shape index (κ1) is 11.3. The van der Waals surface area contributed by atoms with Crippen molar-refractivity contribution >= 4 is 5.97 Å². The fourth-order valence-corrected chi connectivity index (χ4v) is 4.93. The number of ether oxygens (including phenoxy) is 1. The third-order valence-corrected chi connectivity index (χ3v) is 6.29. The van der Waals surface area contributed by atoms with Gasteiger partial charge in [-0.05, 0) is 69.1 Å². The van der Waals surface area contributed by atoms with Crippen molar-refractivity contribution in [2.24, 2.45) is 23.2 Å². The minimum atomic E-state index is -0.518. The van der Waals surface area contributed by atoms with Crippen LogP contribution < -0.4 is 0 Å². The molecule has 0 radical (unpaired) electrons. The van der Waals surface area contributed by atoms with Gasteiger partial charge in [0.1, 0.15) is 0 Å². The summed E-state index contributed by atoms with van der Waals surface area (Å²) in [6.45, 7) is 0.787. The summed E-state index contributed by atoms with van der Waals surface area (Å²) in [6, 6.07) is 0. The highest BCUT2D eigenvalue weighted by molar-refractivity contribution is 5.76. The van der Waals surface area contributed by atoms with E-state index >= 15 is 0 Å². The predicted molar refractivity (Wildman–Crippen MR) is 66.2 cm³/mol. The van der Waals surface area contributed by atoms with Gasteiger partial charge in [0.2, 0.25) is 0 Å². The molecule has 3 nitrogen and oxygen atoms in total. The van der Waals surface area contributed by atoms with Gasteiger partial charge in [-0.15, -0.1) is 0 Å². The van der Waals surface area contributed by atoms with E-state index < -0.39 is 5.97 Å². The van der Waals surface area contributed by atoms with Crippen LogP contribution in [0.15, 0.2) is 0 Å². The molecular formula is C15H22O3. The van der Waals surface area contributed by atoms with E-state index in [2.05, 4.69) is 0 Å². The second-order valence-corrected chi connectivity index (χ2v) is 7.20. The van der Waals surface area contributed by atoms with Crippen LogP contribution in [-0.2, 0) is 9.53 Å². The van der Waals surface area contributed by atoms with Gasteiger partial charge >= 0.3 is 5.97 Å². The van der Waals surface area contributed by atoms with E-state index in [0.29, 0.717) is 5.92 Å². The van der Waals surface area contributed by atoms with Crippen molar-refractivity contribution < 1.29 is 14.6 Å². The first-order chi connectivity index (χ1) is 8.64. The van der Waals surface area contributed by atoms with E-state index in [4.69, 9.17) is 4.74 Å². The summed E-state index contributed by atoms with van der Waals surface area (Å²) in [7, 11) is 0. The fraction of sp³-hybridized carbons (Fsp3) is 0.933. The lowest BCUT2D eigenvalue weighted by atomic mass is 9.62. The number of carboxylic acids is 1. The van der Waals surface area contributed by atoms with Gasteiger partial charge in [-0.2, -0.15) is 0 Å². The van der Waals surface area contributed by atoms with Crippen molar-refractivity contribution in [3.63, 3.8) is 0 Å². The molecule has 1 spiro atoms. The van der Waals surface area contributed by atoms with Crippen LogP contribution in [0.3, 0.4) is 0 Å². The molecule has 0 aromatic rings. The maximum absolute atomic E-state index is 11.9. The third-order valence-electron chi connectivity index (χ3n) is 6.29. The van der Waals surface area contributed by atoms with Gasteiger partial charge in [0.05, 0.1) is 11.0 Å². The van der Waals surface area contributed by atoms with Gasteiger partial charge in [0.25, 0.3) is 0 Å². The highest BCUT2D eigenvalue weighted by Gasteiger charge is 2.62. The van der Waals surface area contributed by atoms with Gasteiger partial charge in [-0.1, -0.05) is 0 Å². The van der Waals surface area contributed by atoms with E-state index in [1.165, 1.54) is 12.8 Å². The summed E-state index contributed by atoms with van der Waals surface area (Å²) in [5, 5.41) is 9.77. The fourth-order valence-electron chi connectivity index (χ4n) is 4.93. The minimum Gasteiger partial charge on any atom is -0.481 e. The molecule has 0 aromatic heterocycles. The van der Waals surface area contributed by atoms with Crippen molar-refractivity contribution in [1.29, 1.82) is 0 Å². The topological polar surface area (TPSA) is 46.5 Å². The molecule has 0 aromatic carbocycles. The van der Waals surface area contributed by atoms with Crippen molar-refractivity contribution in [3.05, 3.63) is 0 Å². The molecule has 18 heavy (non-hydrogen) atoms. The van der Waals surface area contributed by atoms with Gasteiger partial charge < -0.3 is 9.84 Å². The Morgan fingerprint density at radius 1 is 1.17 bits per heavy atom. The normalized spacial score (nSPS) is 48.6. The summed E-state index contributed by atoms with van der Waals surface area (Å²) in [5.41, 5.74) is -0.307. The van der Waals surface area contributed by atoms with Crippen molar-refractivity contribution in [2.45, 2.75) is 57.0 Å². The lowest BCUT2D eigenvalue weighted by Gasteiger charge is -2.50. The molecular weight excluding hydrogens is 228 g/mol. The molecule has 0 bridgehead atoms. The molecule has 100 valence electrons. The van der Waals surface area contributed by atoms with E-state index in [-0.39, 0.29) is 11.0 Å². The lowest BCUT2D eigenvalue weighted by Crippen LogP contribution is -2.51. The molecule has 3 unspecified atom stereocenters. The first-order valence-electron chi connectivity index (χ1n) is 7.51. The number of aliphatic carboxylic acids is 1. The molecule has 1 saturated heterocycles. The Hall–Kier alpha value is -0.570. The Morgan fingerprint density at radius 2 is 1.89 bits per heavy atom. The maximum Gasteiger partial charge on any atom is 0.309 e. The van der Waals surface area contributed by atoms with Crippen molar-refractivity contribution in [2.75, 3.05) is 6.61 Å². The predicted octanol–water partition coefficient (Wildman–Crippen LogP) is 2.84. The molecule has 3 aliphatic carbocycles. The van der Waals surface area contributed by atoms with E-state index in [1.54, 1.807) is 0 Å². The zero-order chi connectivity index (χ0) is 12.4. The van der Waals surface area contributed by atoms with Gasteiger partial charge in [-0.3, -0.25) is 4.79 Å². The molecule has 1 N–H and O–H groups in total. The van der Waals surface area contributed by atoms with Gasteiger partial charge in [0.15, 0.2) is 0 Å². The van der Waals surface area contributed by atoms with Crippen LogP contribution in [-0.4, -0.2) is 23.3 Å². The smallest absolute Gasteiger partial charge is 0.309 e. The number of fused-ring (bicyclic) bond motifs is 1. The van der Waals surface area contributed by atoms with Crippen molar-refractivity contribution in [3.8, 4) is 0 Å². The van der Waals surface area contributed by atoms with Gasteiger partial charge in [-0.25, -0.2) is 0 Å². The number of carbonyl (C=O) groups is 1. The highest BCUT2D eigenvalue weighted by Crippen LogP contribution is 2.65. The Morgan fingerprint density at radius 3 is 2.44 bits per heavy atom. The lowest BCUT2D eigenvalue weighted by molar-refractivity contribution is -0.177. The largest absolute Gasteiger partial charge is 0.481 e. The zero-order valence-electron chi connectivity index (χ0n) is 10.9. The number of rotatable bonds is 2. The Balaban J connectivity index is 1.58. The Bertz CT molecular complexity index is 375. The third kappa shape index (κ3) is 1.43. The number of hydrogen-bond acceptors (Lipinski definition) is 2. The molecule has 3 atom stereocenters.